The summed E-state index contributed by atoms with van der Waals surface area (Å²) in [5.41, 5.74) is -0.0748. The molecule has 0 aliphatic heterocycles. The van der Waals surface area contributed by atoms with E-state index in [4.69, 9.17) is 27.9 Å². The Labute approximate surface area is 84.2 Å². The maximum absolute atomic E-state index is 12.8. The molecule has 1 rings (SSSR count). The molecule has 0 unspecified atom stereocenters. The SMILES string of the molecule is COc1c(Cl)cc(F)cc1C(=O)Cl. The summed E-state index contributed by atoms with van der Waals surface area (Å²) < 4.78 is 17.5. The summed E-state index contributed by atoms with van der Waals surface area (Å²) in [5.74, 6) is -0.544. The molecule has 0 bridgehead atoms. The van der Waals surface area contributed by atoms with Crippen molar-refractivity contribution in [2.75, 3.05) is 7.11 Å². The molecule has 2 nitrogen and oxygen atoms in total. The van der Waals surface area contributed by atoms with Gasteiger partial charge in [0.1, 0.15) is 11.6 Å². The van der Waals surface area contributed by atoms with Crippen LogP contribution in [-0.4, -0.2) is 12.4 Å². The summed E-state index contributed by atoms with van der Waals surface area (Å²) in [6, 6.07) is 2.02. The third kappa shape index (κ3) is 2.11. The molecule has 0 aromatic heterocycles. The highest BCUT2D eigenvalue weighted by molar-refractivity contribution is 6.68. The molecular formula is C8H5Cl2FO2. The first-order valence-electron chi connectivity index (χ1n) is 3.29. The van der Waals surface area contributed by atoms with Crippen LogP contribution in [0.1, 0.15) is 10.4 Å². The Kier molecular flexibility index (Phi) is 3.12. The molecule has 0 aliphatic carbocycles. The van der Waals surface area contributed by atoms with Crippen LogP contribution in [0.15, 0.2) is 12.1 Å². The van der Waals surface area contributed by atoms with Gasteiger partial charge in [-0.1, -0.05) is 11.6 Å². The van der Waals surface area contributed by atoms with Gasteiger partial charge in [-0.3, -0.25) is 4.79 Å². The topological polar surface area (TPSA) is 26.3 Å². The number of hydrogen-bond donors (Lipinski definition) is 0. The minimum absolute atomic E-state index is 0.0199. The zero-order valence-corrected chi connectivity index (χ0v) is 8.12. The van der Waals surface area contributed by atoms with Gasteiger partial charge in [-0.25, -0.2) is 4.39 Å². The van der Waals surface area contributed by atoms with Crippen molar-refractivity contribution in [2.45, 2.75) is 0 Å². The van der Waals surface area contributed by atoms with Gasteiger partial charge in [-0.2, -0.15) is 0 Å². The summed E-state index contributed by atoms with van der Waals surface area (Å²) in [4.78, 5) is 10.8. The van der Waals surface area contributed by atoms with Gasteiger partial charge in [0.05, 0.1) is 17.7 Å². The maximum atomic E-state index is 12.8. The van der Waals surface area contributed by atoms with Crippen molar-refractivity contribution in [1.29, 1.82) is 0 Å². The van der Waals surface area contributed by atoms with E-state index in [0.717, 1.165) is 12.1 Å². The van der Waals surface area contributed by atoms with Crippen LogP contribution in [-0.2, 0) is 0 Å². The first-order valence-corrected chi connectivity index (χ1v) is 4.04. The molecule has 0 heterocycles. The molecule has 0 saturated heterocycles. The molecule has 5 heteroatoms. The summed E-state index contributed by atoms with van der Waals surface area (Å²) >= 11 is 10.8. The highest BCUT2D eigenvalue weighted by atomic mass is 35.5. The zero-order chi connectivity index (χ0) is 10.0. The van der Waals surface area contributed by atoms with E-state index >= 15 is 0 Å². The van der Waals surface area contributed by atoms with Crippen LogP contribution in [0.25, 0.3) is 0 Å². The highest BCUT2D eigenvalue weighted by Crippen LogP contribution is 2.30. The van der Waals surface area contributed by atoms with Gasteiger partial charge >= 0.3 is 0 Å². The van der Waals surface area contributed by atoms with E-state index in [9.17, 15) is 9.18 Å². The molecular weight excluding hydrogens is 218 g/mol. The van der Waals surface area contributed by atoms with E-state index in [0.29, 0.717) is 0 Å². The van der Waals surface area contributed by atoms with E-state index in [-0.39, 0.29) is 16.3 Å². The van der Waals surface area contributed by atoms with Crippen LogP contribution >= 0.6 is 23.2 Å². The molecule has 0 saturated carbocycles. The zero-order valence-electron chi connectivity index (χ0n) is 6.61. The van der Waals surface area contributed by atoms with Crippen molar-refractivity contribution < 1.29 is 13.9 Å². The Morgan fingerprint density at radius 1 is 1.54 bits per heavy atom. The number of halogens is 3. The summed E-state index contributed by atoms with van der Waals surface area (Å²) in [6.45, 7) is 0. The standard InChI is InChI=1S/C8H5Cl2FO2/c1-13-7-5(8(10)12)2-4(11)3-6(7)9/h2-3H,1H3. The van der Waals surface area contributed by atoms with E-state index in [1.54, 1.807) is 0 Å². The number of carbonyl (C=O) groups is 1. The Morgan fingerprint density at radius 3 is 2.62 bits per heavy atom. The average Bonchev–Trinajstić information content (AvgIpc) is 2.02. The van der Waals surface area contributed by atoms with Gasteiger partial charge in [0.25, 0.3) is 5.24 Å². The van der Waals surface area contributed by atoms with Crippen LogP contribution < -0.4 is 4.74 Å². The normalized spacial score (nSPS) is 9.85. The van der Waals surface area contributed by atoms with Crippen LogP contribution in [0, 0.1) is 5.82 Å². The first kappa shape index (κ1) is 10.3. The fourth-order valence-corrected chi connectivity index (χ4v) is 1.34. The van der Waals surface area contributed by atoms with Gasteiger partial charge in [-0.15, -0.1) is 0 Å². The molecule has 70 valence electrons. The van der Waals surface area contributed by atoms with Crippen molar-refractivity contribution in [3.8, 4) is 5.75 Å². The molecule has 0 amide bonds. The van der Waals surface area contributed by atoms with E-state index in [1.165, 1.54) is 7.11 Å². The van der Waals surface area contributed by atoms with E-state index in [1.807, 2.05) is 0 Å². The molecule has 0 N–H and O–H groups in total. The Hall–Kier alpha value is -0.800. The third-order valence-corrected chi connectivity index (χ3v) is 1.91. The summed E-state index contributed by atoms with van der Waals surface area (Å²) in [5, 5.41) is -0.787. The molecule has 0 radical (unpaired) electrons. The second-order valence-electron chi connectivity index (χ2n) is 2.24. The number of ether oxygens (including phenoxy) is 1. The summed E-state index contributed by atoms with van der Waals surface area (Å²) in [6.07, 6.45) is 0. The fraction of sp³-hybridized carbons (Fsp3) is 0.125. The quantitative estimate of drug-likeness (QED) is 0.720. The molecule has 1 aromatic rings. The van der Waals surface area contributed by atoms with Gasteiger partial charge in [0, 0.05) is 0 Å². The van der Waals surface area contributed by atoms with Gasteiger partial charge < -0.3 is 4.74 Å². The lowest BCUT2D eigenvalue weighted by atomic mass is 10.2. The minimum Gasteiger partial charge on any atom is -0.494 e. The van der Waals surface area contributed by atoms with Gasteiger partial charge in [0.15, 0.2) is 0 Å². The summed E-state index contributed by atoms with van der Waals surface area (Å²) in [7, 11) is 1.32. The Morgan fingerprint density at radius 2 is 2.15 bits per heavy atom. The number of benzene rings is 1. The molecule has 1 aromatic carbocycles. The van der Waals surface area contributed by atoms with Crippen LogP contribution in [0.4, 0.5) is 4.39 Å². The van der Waals surface area contributed by atoms with Crippen molar-refractivity contribution >= 4 is 28.4 Å². The molecule has 13 heavy (non-hydrogen) atoms. The molecule has 0 aliphatic rings. The lowest BCUT2D eigenvalue weighted by Crippen LogP contribution is -1.97. The van der Waals surface area contributed by atoms with E-state index < -0.39 is 11.1 Å². The number of rotatable bonds is 2. The minimum atomic E-state index is -0.807. The largest absolute Gasteiger partial charge is 0.494 e. The Bertz CT molecular complexity index is 352. The van der Waals surface area contributed by atoms with Gasteiger partial charge in [0.2, 0.25) is 0 Å². The first-order chi connectivity index (χ1) is 6.06. The predicted molar refractivity (Wildman–Crippen MR) is 48.1 cm³/mol. The number of hydrogen-bond acceptors (Lipinski definition) is 2. The fourth-order valence-electron chi connectivity index (χ4n) is 0.914. The maximum Gasteiger partial charge on any atom is 0.256 e. The monoisotopic (exact) mass is 222 g/mol. The number of methoxy groups -OCH3 is 1. The molecule has 0 fully saturated rings. The van der Waals surface area contributed by atoms with Crippen molar-refractivity contribution in [2.24, 2.45) is 0 Å². The van der Waals surface area contributed by atoms with Crippen molar-refractivity contribution in [1.82, 2.24) is 0 Å². The Balaban J connectivity index is 3.38. The average molecular weight is 223 g/mol. The van der Waals surface area contributed by atoms with Crippen molar-refractivity contribution in [3.05, 3.63) is 28.5 Å². The van der Waals surface area contributed by atoms with Crippen LogP contribution in [0.2, 0.25) is 5.02 Å². The third-order valence-electron chi connectivity index (χ3n) is 1.42. The molecule has 0 atom stereocenters. The second kappa shape index (κ2) is 3.94. The number of carbonyl (C=O) groups excluding carboxylic acids is 1. The van der Waals surface area contributed by atoms with Crippen LogP contribution in [0.3, 0.4) is 0 Å². The highest BCUT2D eigenvalue weighted by Gasteiger charge is 2.14. The lowest BCUT2D eigenvalue weighted by molar-refractivity contribution is 0.107. The second-order valence-corrected chi connectivity index (χ2v) is 2.99. The van der Waals surface area contributed by atoms with E-state index in [2.05, 4.69) is 0 Å². The lowest BCUT2D eigenvalue weighted by Gasteiger charge is -2.06. The van der Waals surface area contributed by atoms with Crippen LogP contribution in [0.5, 0.6) is 5.75 Å². The van der Waals surface area contributed by atoms with Crippen molar-refractivity contribution in [3.63, 3.8) is 0 Å². The predicted octanol–water partition coefficient (Wildman–Crippen LogP) is 2.87. The smallest absolute Gasteiger partial charge is 0.256 e. The molecule has 0 spiro atoms. The van der Waals surface area contributed by atoms with Gasteiger partial charge in [-0.05, 0) is 23.7 Å².